The molecule has 2 aromatic rings. The SMILES string of the molecule is CCSc1cccc(NCc2ccncc2C)c1C#N. The first-order chi connectivity index (χ1) is 9.76. The summed E-state index contributed by atoms with van der Waals surface area (Å²) < 4.78 is 0. The van der Waals surface area contributed by atoms with Gasteiger partial charge >= 0.3 is 0 Å². The number of thioether (sulfide) groups is 1. The molecule has 1 N–H and O–H groups in total. The van der Waals surface area contributed by atoms with Crippen LogP contribution < -0.4 is 5.32 Å². The van der Waals surface area contributed by atoms with E-state index in [9.17, 15) is 5.26 Å². The van der Waals surface area contributed by atoms with E-state index in [1.165, 1.54) is 5.56 Å². The van der Waals surface area contributed by atoms with Crippen molar-refractivity contribution in [2.75, 3.05) is 11.1 Å². The van der Waals surface area contributed by atoms with Crippen molar-refractivity contribution in [3.63, 3.8) is 0 Å². The second-order valence-corrected chi connectivity index (χ2v) is 5.69. The van der Waals surface area contributed by atoms with Gasteiger partial charge in [-0.2, -0.15) is 5.26 Å². The summed E-state index contributed by atoms with van der Waals surface area (Å²) in [6, 6.07) is 10.2. The van der Waals surface area contributed by atoms with Crippen LogP contribution in [0.1, 0.15) is 23.6 Å². The number of aryl methyl sites for hydroxylation is 1. The minimum absolute atomic E-state index is 0.698. The highest BCUT2D eigenvalue weighted by Gasteiger charge is 2.08. The Hall–Kier alpha value is -1.99. The van der Waals surface area contributed by atoms with Crippen LogP contribution in [0.3, 0.4) is 0 Å². The Morgan fingerprint density at radius 2 is 2.20 bits per heavy atom. The second-order valence-electron chi connectivity index (χ2n) is 4.38. The smallest absolute Gasteiger partial charge is 0.102 e. The number of aromatic nitrogens is 1. The van der Waals surface area contributed by atoms with E-state index in [0.717, 1.165) is 27.5 Å². The molecule has 0 saturated carbocycles. The summed E-state index contributed by atoms with van der Waals surface area (Å²) in [5.41, 5.74) is 3.96. The molecular weight excluding hydrogens is 266 g/mol. The molecule has 2 rings (SSSR count). The molecule has 0 spiro atoms. The fourth-order valence-corrected chi connectivity index (χ4v) is 2.75. The van der Waals surface area contributed by atoms with Gasteiger partial charge in [0.1, 0.15) is 6.07 Å². The number of hydrogen-bond acceptors (Lipinski definition) is 4. The van der Waals surface area contributed by atoms with Crippen molar-refractivity contribution >= 4 is 17.4 Å². The lowest BCUT2D eigenvalue weighted by atomic mass is 10.1. The summed E-state index contributed by atoms with van der Waals surface area (Å²) >= 11 is 1.69. The molecule has 0 aliphatic heterocycles. The van der Waals surface area contributed by atoms with Crippen molar-refractivity contribution in [1.82, 2.24) is 4.98 Å². The number of pyridine rings is 1. The van der Waals surface area contributed by atoms with Gasteiger partial charge in [0.05, 0.1) is 11.3 Å². The van der Waals surface area contributed by atoms with Gasteiger partial charge in [-0.1, -0.05) is 13.0 Å². The van der Waals surface area contributed by atoms with Gasteiger partial charge in [-0.3, -0.25) is 4.98 Å². The largest absolute Gasteiger partial charge is 0.380 e. The van der Waals surface area contributed by atoms with Crippen LogP contribution in [0.15, 0.2) is 41.6 Å². The number of nitriles is 1. The topological polar surface area (TPSA) is 48.7 Å². The van der Waals surface area contributed by atoms with Gasteiger partial charge in [0.25, 0.3) is 0 Å². The third-order valence-electron chi connectivity index (χ3n) is 3.04. The van der Waals surface area contributed by atoms with Crippen molar-refractivity contribution in [2.24, 2.45) is 0 Å². The zero-order chi connectivity index (χ0) is 14.4. The molecule has 0 amide bonds. The predicted molar refractivity (Wildman–Crippen MR) is 83.9 cm³/mol. The van der Waals surface area contributed by atoms with E-state index in [1.807, 2.05) is 37.4 Å². The molecule has 0 saturated heterocycles. The molecule has 0 radical (unpaired) electrons. The van der Waals surface area contributed by atoms with Gasteiger partial charge in [0.15, 0.2) is 0 Å². The Labute approximate surface area is 124 Å². The molecule has 102 valence electrons. The third-order valence-corrected chi connectivity index (χ3v) is 3.98. The highest BCUT2D eigenvalue weighted by molar-refractivity contribution is 7.99. The van der Waals surface area contributed by atoms with E-state index in [4.69, 9.17) is 0 Å². The van der Waals surface area contributed by atoms with Gasteiger partial charge < -0.3 is 5.32 Å². The molecule has 0 unspecified atom stereocenters. The Morgan fingerprint density at radius 1 is 1.35 bits per heavy atom. The molecule has 4 heteroatoms. The molecule has 0 bridgehead atoms. The van der Waals surface area contributed by atoms with Gasteiger partial charge in [-0.25, -0.2) is 0 Å². The Balaban J connectivity index is 2.20. The van der Waals surface area contributed by atoms with Gasteiger partial charge in [0, 0.05) is 23.8 Å². The number of hydrogen-bond donors (Lipinski definition) is 1. The highest BCUT2D eigenvalue weighted by Crippen LogP contribution is 2.28. The summed E-state index contributed by atoms with van der Waals surface area (Å²) in [6.45, 7) is 4.83. The molecule has 1 aromatic heterocycles. The zero-order valence-corrected chi connectivity index (χ0v) is 12.5. The monoisotopic (exact) mass is 283 g/mol. The van der Waals surface area contributed by atoms with Crippen LogP contribution in [0.2, 0.25) is 0 Å². The zero-order valence-electron chi connectivity index (χ0n) is 11.7. The van der Waals surface area contributed by atoms with Crippen molar-refractivity contribution in [3.8, 4) is 6.07 Å². The maximum absolute atomic E-state index is 9.36. The number of nitrogens with one attached hydrogen (secondary N) is 1. The quantitative estimate of drug-likeness (QED) is 0.843. The lowest BCUT2D eigenvalue weighted by molar-refractivity contribution is 1.09. The van der Waals surface area contributed by atoms with E-state index in [0.29, 0.717) is 6.54 Å². The van der Waals surface area contributed by atoms with Crippen LogP contribution in [-0.2, 0) is 6.54 Å². The maximum Gasteiger partial charge on any atom is 0.102 e. The first kappa shape index (κ1) is 14.4. The molecule has 1 aromatic carbocycles. The fourth-order valence-electron chi connectivity index (χ4n) is 1.96. The Morgan fingerprint density at radius 3 is 2.90 bits per heavy atom. The first-order valence-electron chi connectivity index (χ1n) is 6.55. The van der Waals surface area contributed by atoms with Crippen molar-refractivity contribution in [3.05, 3.63) is 53.3 Å². The minimum Gasteiger partial charge on any atom is -0.380 e. The van der Waals surface area contributed by atoms with Crippen molar-refractivity contribution in [2.45, 2.75) is 25.3 Å². The molecule has 0 aliphatic rings. The van der Waals surface area contributed by atoms with Crippen LogP contribution >= 0.6 is 11.8 Å². The van der Waals surface area contributed by atoms with Gasteiger partial charge in [-0.15, -0.1) is 11.8 Å². The van der Waals surface area contributed by atoms with Crippen LogP contribution in [0, 0.1) is 18.3 Å². The second kappa shape index (κ2) is 6.97. The van der Waals surface area contributed by atoms with Crippen LogP contribution in [0.25, 0.3) is 0 Å². The fraction of sp³-hybridized carbons (Fsp3) is 0.250. The van der Waals surface area contributed by atoms with E-state index in [1.54, 1.807) is 18.0 Å². The van der Waals surface area contributed by atoms with E-state index in [2.05, 4.69) is 23.3 Å². The first-order valence-corrected chi connectivity index (χ1v) is 7.54. The predicted octanol–water partition coefficient (Wildman–Crippen LogP) is 3.99. The molecule has 20 heavy (non-hydrogen) atoms. The summed E-state index contributed by atoms with van der Waals surface area (Å²) in [7, 11) is 0. The molecule has 0 aliphatic carbocycles. The van der Waals surface area contributed by atoms with Gasteiger partial charge in [0.2, 0.25) is 0 Å². The summed E-state index contributed by atoms with van der Waals surface area (Å²) in [6.07, 6.45) is 3.64. The average Bonchev–Trinajstić information content (AvgIpc) is 2.47. The van der Waals surface area contributed by atoms with E-state index >= 15 is 0 Å². The maximum atomic E-state index is 9.36. The summed E-state index contributed by atoms with van der Waals surface area (Å²) in [5.74, 6) is 0.960. The highest BCUT2D eigenvalue weighted by atomic mass is 32.2. The van der Waals surface area contributed by atoms with Crippen molar-refractivity contribution < 1.29 is 0 Å². The van der Waals surface area contributed by atoms with E-state index in [-0.39, 0.29) is 0 Å². The van der Waals surface area contributed by atoms with Gasteiger partial charge in [-0.05, 0) is 42.0 Å². The van der Waals surface area contributed by atoms with Crippen LogP contribution in [0.4, 0.5) is 5.69 Å². The number of benzene rings is 1. The summed E-state index contributed by atoms with van der Waals surface area (Å²) in [4.78, 5) is 5.12. The van der Waals surface area contributed by atoms with Crippen LogP contribution in [-0.4, -0.2) is 10.7 Å². The normalized spacial score (nSPS) is 10.1. The Kier molecular flexibility index (Phi) is 5.03. The lowest BCUT2D eigenvalue weighted by Gasteiger charge is -2.12. The molecule has 3 nitrogen and oxygen atoms in total. The van der Waals surface area contributed by atoms with Crippen molar-refractivity contribution in [1.29, 1.82) is 5.26 Å². The lowest BCUT2D eigenvalue weighted by Crippen LogP contribution is -2.03. The standard InChI is InChI=1S/C16H17N3S/c1-3-20-16-6-4-5-15(14(16)9-17)19-11-13-7-8-18-10-12(13)2/h4-8,10,19H,3,11H2,1-2H3. The number of rotatable bonds is 5. The summed E-state index contributed by atoms with van der Waals surface area (Å²) in [5, 5.41) is 12.7. The third kappa shape index (κ3) is 3.31. The molecule has 0 fully saturated rings. The van der Waals surface area contributed by atoms with E-state index < -0.39 is 0 Å². The average molecular weight is 283 g/mol. The van der Waals surface area contributed by atoms with Crippen LogP contribution in [0.5, 0.6) is 0 Å². The number of nitrogens with zero attached hydrogens (tertiary/aromatic N) is 2. The molecular formula is C16H17N3S. The number of anilines is 1. The molecule has 0 atom stereocenters. The molecule has 1 heterocycles. The Bertz CT molecular complexity index is 632. The minimum atomic E-state index is 0.698.